The van der Waals surface area contributed by atoms with E-state index in [1.807, 2.05) is 30.3 Å². The van der Waals surface area contributed by atoms with Gasteiger partial charge >= 0.3 is 0 Å². The van der Waals surface area contributed by atoms with Gasteiger partial charge in [0.1, 0.15) is 23.3 Å². The Kier molecular flexibility index (Phi) is 11.4. The molecule has 386 valence electrons. The molecule has 0 bridgehead atoms. The highest BCUT2D eigenvalue weighted by Crippen LogP contribution is 2.63. The van der Waals surface area contributed by atoms with Gasteiger partial charge in [-0.1, -0.05) is 187 Å². The number of hydrogen-bond acceptors (Lipinski definition) is 0. The summed E-state index contributed by atoms with van der Waals surface area (Å²) < 4.78 is 63.0. The lowest BCUT2D eigenvalue weighted by atomic mass is 9.65. The molecular weight excluding hydrogens is 953 g/mol. The summed E-state index contributed by atoms with van der Waals surface area (Å²) in [5.74, 6) is -2.88. The first kappa shape index (κ1) is 50.5. The van der Waals surface area contributed by atoms with Crippen molar-refractivity contribution in [3.63, 3.8) is 0 Å². The Balaban J connectivity index is 1.20. The van der Waals surface area contributed by atoms with Crippen LogP contribution in [0.1, 0.15) is 145 Å². The Labute approximate surface area is 452 Å². The van der Waals surface area contributed by atoms with Gasteiger partial charge in [0, 0.05) is 24.0 Å². The Bertz CT molecular complexity index is 3940. The van der Waals surface area contributed by atoms with E-state index in [0.29, 0.717) is 50.6 Å². The van der Waals surface area contributed by atoms with Gasteiger partial charge in [-0.3, -0.25) is 0 Å². The molecule has 4 heteroatoms. The number of allylic oxidation sites excluding steroid dienone is 8. The lowest BCUT2D eigenvalue weighted by Gasteiger charge is -2.38. The second kappa shape index (κ2) is 17.4. The predicted molar refractivity (Wildman–Crippen MR) is 315 cm³/mol. The minimum absolute atomic E-state index is 0.00356. The van der Waals surface area contributed by atoms with Crippen molar-refractivity contribution < 1.29 is 17.6 Å². The second-order valence-electron chi connectivity index (χ2n) is 26.3. The molecule has 1 unspecified atom stereocenters. The highest BCUT2D eigenvalue weighted by Gasteiger charge is 2.45. The summed E-state index contributed by atoms with van der Waals surface area (Å²) in [4.78, 5) is 0. The van der Waals surface area contributed by atoms with Gasteiger partial charge in [-0.2, -0.15) is 0 Å². The van der Waals surface area contributed by atoms with Gasteiger partial charge in [0.2, 0.25) is 0 Å². The summed E-state index contributed by atoms with van der Waals surface area (Å²) in [7, 11) is 0. The van der Waals surface area contributed by atoms with Crippen LogP contribution in [0.15, 0.2) is 163 Å². The predicted octanol–water partition coefficient (Wildman–Crippen LogP) is 20.4. The highest BCUT2D eigenvalue weighted by molar-refractivity contribution is 6.23. The van der Waals surface area contributed by atoms with Crippen molar-refractivity contribution >= 4 is 38.3 Å². The molecule has 8 aromatic rings. The van der Waals surface area contributed by atoms with Gasteiger partial charge in [-0.25, -0.2) is 17.6 Å². The van der Waals surface area contributed by atoms with E-state index in [-0.39, 0.29) is 33.5 Å². The molecule has 0 spiro atoms. The van der Waals surface area contributed by atoms with Crippen LogP contribution in [0.25, 0.3) is 71.6 Å². The molecule has 0 aliphatic heterocycles. The highest BCUT2D eigenvalue weighted by atomic mass is 19.1. The summed E-state index contributed by atoms with van der Waals surface area (Å²) in [6.45, 7) is 32.6. The summed E-state index contributed by atoms with van der Waals surface area (Å²) in [6, 6.07) is 38.4. The monoisotopic (exact) mass is 1020 g/mol. The van der Waals surface area contributed by atoms with Crippen LogP contribution in [0.5, 0.6) is 0 Å². The van der Waals surface area contributed by atoms with E-state index in [1.165, 1.54) is 79.9 Å². The Hall–Kier alpha value is -7.30. The van der Waals surface area contributed by atoms with E-state index in [9.17, 15) is 0 Å². The molecular formula is C73H66F4. The van der Waals surface area contributed by atoms with Crippen LogP contribution in [0.4, 0.5) is 17.6 Å². The minimum atomic E-state index is -0.704. The number of benzene rings is 8. The van der Waals surface area contributed by atoms with Crippen molar-refractivity contribution in [2.75, 3.05) is 0 Å². The van der Waals surface area contributed by atoms with Gasteiger partial charge < -0.3 is 0 Å². The number of hydrogen-bond donors (Lipinski definition) is 0. The molecule has 12 rings (SSSR count). The fourth-order valence-corrected chi connectivity index (χ4v) is 13.0. The van der Waals surface area contributed by atoms with E-state index in [0.717, 1.165) is 50.7 Å². The zero-order valence-electron chi connectivity index (χ0n) is 46.4. The molecule has 0 nitrogen and oxygen atoms in total. The maximum Gasteiger partial charge on any atom is 0.126 e. The van der Waals surface area contributed by atoms with E-state index in [4.69, 9.17) is 6.58 Å². The molecule has 0 heterocycles. The standard InChI is InChI=1S/C73H66F4/c1-39-62-57(69-63(39)66(44-28-50(74)36-51(75)29-44)58-32-40-18-14-15-19-41(40)33-59(58)67(69)45-30-52(76)37-53(77)31-45)23-22-56-60(62)38-61-64(42-24-46(70(2,3)4)34-47(25-42)71(5,6)7)54-20-16-17-21-55(54)65(68(56)61)43-26-48(72(8,9)10)35-49(27-43)73(11,12)13/h14-37,55,65H,1,38H2,2-13H3/t55-,65?/m0/s1. The SMILES string of the molecule is C=C1c2c(ccc3c2CC2=C3C(c3cc(C(C)(C)C)cc(C(C)(C)C)c3)[C@H]3C=CC=CC3=C2c2cc(C(C)(C)C)cc(C(C)(C)C)c2)-c2c1c(-c1cc(F)cc(F)c1)c1cc3ccccc3cc1c2-c1cc(F)cc(F)c1. The molecule has 0 fully saturated rings. The van der Waals surface area contributed by atoms with E-state index < -0.39 is 23.3 Å². The Morgan fingerprint density at radius 1 is 0.455 bits per heavy atom. The van der Waals surface area contributed by atoms with Crippen molar-refractivity contribution in [3.8, 4) is 33.4 Å². The first-order valence-corrected chi connectivity index (χ1v) is 27.2. The third-order valence-corrected chi connectivity index (χ3v) is 17.0. The van der Waals surface area contributed by atoms with Crippen molar-refractivity contribution in [3.05, 3.63) is 242 Å². The topological polar surface area (TPSA) is 0 Å². The molecule has 0 saturated heterocycles. The third kappa shape index (κ3) is 8.32. The van der Waals surface area contributed by atoms with Gasteiger partial charge in [0.15, 0.2) is 0 Å². The van der Waals surface area contributed by atoms with Crippen LogP contribution in [0, 0.1) is 29.2 Å². The van der Waals surface area contributed by atoms with E-state index in [2.05, 4.69) is 162 Å². The fraction of sp³-hybridized carbons (Fsp3) is 0.260. The zero-order valence-corrected chi connectivity index (χ0v) is 46.4. The quantitative estimate of drug-likeness (QED) is 0.122. The third-order valence-electron chi connectivity index (χ3n) is 17.0. The van der Waals surface area contributed by atoms with Crippen molar-refractivity contribution in [2.45, 2.75) is 117 Å². The molecule has 2 atom stereocenters. The molecule has 4 aliphatic rings. The maximum absolute atomic E-state index is 15.8. The second-order valence-corrected chi connectivity index (χ2v) is 26.3. The molecule has 0 aromatic heterocycles. The first-order valence-electron chi connectivity index (χ1n) is 27.2. The number of fused-ring (bicyclic) bond motifs is 9. The molecule has 8 aromatic carbocycles. The Morgan fingerprint density at radius 3 is 1.42 bits per heavy atom. The van der Waals surface area contributed by atoms with Crippen LogP contribution < -0.4 is 0 Å². The fourth-order valence-electron chi connectivity index (χ4n) is 13.0. The molecule has 4 aliphatic carbocycles. The van der Waals surface area contributed by atoms with Crippen LogP contribution in [0.2, 0.25) is 0 Å². The molecule has 0 saturated carbocycles. The Morgan fingerprint density at radius 2 is 0.922 bits per heavy atom. The molecule has 0 amide bonds. The van der Waals surface area contributed by atoms with Crippen LogP contribution in [0.3, 0.4) is 0 Å². The smallest absolute Gasteiger partial charge is 0.126 e. The lowest BCUT2D eigenvalue weighted by Crippen LogP contribution is -2.24. The largest absolute Gasteiger partial charge is 0.207 e. The van der Waals surface area contributed by atoms with Gasteiger partial charge in [-0.15, -0.1) is 0 Å². The summed E-state index contributed by atoms with van der Waals surface area (Å²) in [5.41, 5.74) is 20.4. The molecule has 77 heavy (non-hydrogen) atoms. The molecule has 0 radical (unpaired) electrons. The average Bonchev–Trinajstić information content (AvgIpc) is 3.91. The normalized spacial score (nSPS) is 17.1. The number of halogens is 4. The number of rotatable bonds is 4. The summed E-state index contributed by atoms with van der Waals surface area (Å²) in [6.07, 6.45) is 9.76. The van der Waals surface area contributed by atoms with Crippen LogP contribution in [-0.4, -0.2) is 0 Å². The molecule has 0 N–H and O–H groups in total. The van der Waals surface area contributed by atoms with Gasteiger partial charge in [-0.05, 0) is 203 Å². The maximum atomic E-state index is 15.8. The van der Waals surface area contributed by atoms with Gasteiger partial charge in [0.05, 0.1) is 0 Å². The summed E-state index contributed by atoms with van der Waals surface area (Å²) >= 11 is 0. The summed E-state index contributed by atoms with van der Waals surface area (Å²) in [5, 5.41) is 3.25. The average molecular weight is 1020 g/mol. The first-order chi connectivity index (χ1) is 36.2. The van der Waals surface area contributed by atoms with Crippen molar-refractivity contribution in [1.82, 2.24) is 0 Å². The van der Waals surface area contributed by atoms with Crippen LogP contribution >= 0.6 is 0 Å². The van der Waals surface area contributed by atoms with Crippen LogP contribution in [-0.2, 0) is 28.1 Å². The van der Waals surface area contributed by atoms with Gasteiger partial charge in [0.25, 0.3) is 0 Å². The minimum Gasteiger partial charge on any atom is -0.207 e. The van der Waals surface area contributed by atoms with Crippen molar-refractivity contribution in [2.24, 2.45) is 5.92 Å². The lowest BCUT2D eigenvalue weighted by molar-refractivity contribution is 0.563. The zero-order chi connectivity index (χ0) is 54.6. The van der Waals surface area contributed by atoms with E-state index in [1.54, 1.807) is 0 Å². The van der Waals surface area contributed by atoms with Crippen molar-refractivity contribution in [1.29, 1.82) is 0 Å². The van der Waals surface area contributed by atoms with E-state index >= 15 is 17.6 Å².